The van der Waals surface area contributed by atoms with E-state index < -0.39 is 5.41 Å². The summed E-state index contributed by atoms with van der Waals surface area (Å²) in [4.78, 5) is 2.49. The second kappa shape index (κ2) is 16.5. The Labute approximate surface area is 413 Å². The highest BCUT2D eigenvalue weighted by molar-refractivity contribution is 6.18. The summed E-state index contributed by atoms with van der Waals surface area (Å²) in [5.41, 5.74) is 18.7. The van der Waals surface area contributed by atoms with Gasteiger partial charge in [-0.2, -0.15) is 0 Å². The average molecular weight is 904 g/mol. The number of para-hydroxylation sites is 2. The van der Waals surface area contributed by atoms with Gasteiger partial charge in [0.2, 0.25) is 0 Å². The van der Waals surface area contributed by atoms with E-state index in [0.717, 1.165) is 66.5 Å². The van der Waals surface area contributed by atoms with Crippen molar-refractivity contribution in [2.24, 2.45) is 0 Å². The van der Waals surface area contributed by atoms with Gasteiger partial charge in [-0.15, -0.1) is 0 Å². The summed E-state index contributed by atoms with van der Waals surface area (Å²) >= 11 is 0. The predicted octanol–water partition coefficient (Wildman–Crippen LogP) is 18.7. The number of fused-ring (bicyclic) bond motifs is 9. The molecule has 1 aliphatic rings. The van der Waals surface area contributed by atoms with Crippen LogP contribution in [0, 0.1) is 0 Å². The van der Waals surface area contributed by atoms with Gasteiger partial charge in [-0.05, 0) is 109 Å². The fraction of sp³-hybridized carbons (Fsp3) is 0.0145. The van der Waals surface area contributed by atoms with Crippen LogP contribution in [0.1, 0.15) is 22.3 Å². The molecular formula is C69H45NO. The van der Waals surface area contributed by atoms with Crippen LogP contribution in [0.15, 0.2) is 277 Å². The van der Waals surface area contributed by atoms with Gasteiger partial charge in [0.1, 0.15) is 11.2 Å². The minimum absolute atomic E-state index is 0.557. The Balaban J connectivity index is 0.994. The highest BCUT2D eigenvalue weighted by Gasteiger charge is 2.47. The van der Waals surface area contributed by atoms with Gasteiger partial charge in [0, 0.05) is 38.5 Å². The molecule has 332 valence electrons. The number of hydrogen-bond donors (Lipinski definition) is 0. The lowest BCUT2D eigenvalue weighted by atomic mass is 9.68. The highest BCUT2D eigenvalue weighted by Crippen LogP contribution is 2.60. The maximum absolute atomic E-state index is 7.05. The summed E-state index contributed by atoms with van der Waals surface area (Å²) < 4.78 is 7.05. The molecule has 0 N–H and O–H groups in total. The summed E-state index contributed by atoms with van der Waals surface area (Å²) in [5, 5.41) is 6.98. The van der Waals surface area contributed by atoms with E-state index in [1.54, 1.807) is 0 Å². The fourth-order valence-corrected chi connectivity index (χ4v) is 11.8. The van der Waals surface area contributed by atoms with E-state index in [4.69, 9.17) is 4.42 Å². The van der Waals surface area contributed by atoms with Crippen molar-refractivity contribution < 1.29 is 4.42 Å². The molecule has 0 saturated heterocycles. The van der Waals surface area contributed by atoms with Crippen LogP contribution in [-0.4, -0.2) is 0 Å². The maximum atomic E-state index is 7.05. The van der Waals surface area contributed by atoms with E-state index in [1.807, 2.05) is 0 Å². The van der Waals surface area contributed by atoms with E-state index in [1.165, 1.54) is 60.8 Å². The van der Waals surface area contributed by atoms with Crippen LogP contribution in [0.4, 0.5) is 17.1 Å². The third-order valence-electron chi connectivity index (χ3n) is 14.9. The van der Waals surface area contributed by atoms with E-state index in [9.17, 15) is 0 Å². The second-order valence-electron chi connectivity index (χ2n) is 18.7. The molecule has 0 atom stereocenters. The second-order valence-corrected chi connectivity index (χ2v) is 18.7. The molecule has 1 aliphatic carbocycles. The van der Waals surface area contributed by atoms with Crippen molar-refractivity contribution >= 4 is 60.5 Å². The molecule has 2 nitrogen and oxygen atoms in total. The van der Waals surface area contributed by atoms with E-state index >= 15 is 0 Å². The fourth-order valence-electron chi connectivity index (χ4n) is 11.8. The Kier molecular flexibility index (Phi) is 9.47. The minimum Gasteiger partial charge on any atom is -0.455 e. The van der Waals surface area contributed by atoms with Crippen molar-refractivity contribution in [3.8, 4) is 44.5 Å². The zero-order valence-electron chi connectivity index (χ0n) is 38.8. The summed E-state index contributed by atoms with van der Waals surface area (Å²) in [6.07, 6.45) is 0. The van der Waals surface area contributed by atoms with Crippen molar-refractivity contribution in [3.63, 3.8) is 0 Å². The first kappa shape index (κ1) is 40.8. The van der Waals surface area contributed by atoms with Crippen LogP contribution in [0.3, 0.4) is 0 Å². The van der Waals surface area contributed by atoms with E-state index in [2.05, 4.69) is 278 Å². The van der Waals surface area contributed by atoms with E-state index in [-0.39, 0.29) is 0 Å². The SMILES string of the molecule is c1ccc(C2(c3ccccc3)c3ccccc3-c3c(N(c4ccc(-c5cccc(-c6ccc7ccccc7c6)c5)cc4)c4ccccc4-c4cccc5c4oc4c6ccccc6ccc54)cccc32)cc1. The van der Waals surface area contributed by atoms with Gasteiger partial charge in [-0.25, -0.2) is 0 Å². The van der Waals surface area contributed by atoms with Crippen LogP contribution in [0.25, 0.3) is 88.0 Å². The van der Waals surface area contributed by atoms with E-state index in [0.29, 0.717) is 0 Å². The molecule has 2 heteroatoms. The molecule has 71 heavy (non-hydrogen) atoms. The van der Waals surface area contributed by atoms with Crippen molar-refractivity contribution in [3.05, 3.63) is 295 Å². The van der Waals surface area contributed by atoms with Crippen molar-refractivity contribution in [1.29, 1.82) is 0 Å². The number of hydrogen-bond acceptors (Lipinski definition) is 2. The number of anilines is 3. The first-order valence-electron chi connectivity index (χ1n) is 24.5. The number of nitrogens with zero attached hydrogens (tertiary/aromatic N) is 1. The predicted molar refractivity (Wildman–Crippen MR) is 297 cm³/mol. The molecule has 0 spiro atoms. The molecule has 14 rings (SSSR count). The molecule has 0 bridgehead atoms. The monoisotopic (exact) mass is 903 g/mol. The molecule has 12 aromatic carbocycles. The third-order valence-corrected chi connectivity index (χ3v) is 14.9. The third kappa shape index (κ3) is 6.42. The van der Waals surface area contributed by atoms with Crippen LogP contribution in [0.5, 0.6) is 0 Å². The summed E-state index contributed by atoms with van der Waals surface area (Å²) in [5.74, 6) is 0. The van der Waals surface area contributed by atoms with Gasteiger partial charge in [0.25, 0.3) is 0 Å². The number of rotatable bonds is 8. The topological polar surface area (TPSA) is 16.4 Å². The normalized spacial score (nSPS) is 12.6. The Hall–Kier alpha value is -9.24. The lowest BCUT2D eigenvalue weighted by Crippen LogP contribution is -2.28. The molecule has 0 saturated carbocycles. The highest BCUT2D eigenvalue weighted by atomic mass is 16.3. The first-order valence-corrected chi connectivity index (χ1v) is 24.5. The molecule has 0 amide bonds. The molecule has 0 fully saturated rings. The molecule has 0 aliphatic heterocycles. The maximum Gasteiger partial charge on any atom is 0.143 e. The van der Waals surface area contributed by atoms with Gasteiger partial charge in [-0.3, -0.25) is 0 Å². The van der Waals surface area contributed by atoms with Crippen LogP contribution in [-0.2, 0) is 5.41 Å². The van der Waals surface area contributed by atoms with Gasteiger partial charge < -0.3 is 9.32 Å². The minimum atomic E-state index is -0.557. The Bertz CT molecular complexity index is 4130. The summed E-state index contributed by atoms with van der Waals surface area (Å²) in [6.45, 7) is 0. The molecule has 0 radical (unpaired) electrons. The zero-order valence-corrected chi connectivity index (χ0v) is 38.8. The Morgan fingerprint density at radius 1 is 0.296 bits per heavy atom. The van der Waals surface area contributed by atoms with Crippen LogP contribution in [0.2, 0.25) is 0 Å². The lowest BCUT2D eigenvalue weighted by Gasteiger charge is -2.34. The largest absolute Gasteiger partial charge is 0.455 e. The molecule has 13 aromatic rings. The number of furan rings is 1. The van der Waals surface area contributed by atoms with Crippen molar-refractivity contribution in [2.45, 2.75) is 5.41 Å². The average Bonchev–Trinajstić information content (AvgIpc) is 3.99. The van der Waals surface area contributed by atoms with Crippen molar-refractivity contribution in [2.75, 3.05) is 4.90 Å². The lowest BCUT2D eigenvalue weighted by molar-refractivity contribution is 0.674. The Morgan fingerprint density at radius 2 is 0.831 bits per heavy atom. The van der Waals surface area contributed by atoms with Gasteiger partial charge in [-0.1, -0.05) is 231 Å². The molecule has 1 aromatic heterocycles. The zero-order chi connectivity index (χ0) is 46.9. The van der Waals surface area contributed by atoms with Gasteiger partial charge in [0.15, 0.2) is 0 Å². The molecule has 0 unspecified atom stereocenters. The standard InChI is InChI=1S/C69H45NO/c1-3-23-53(24-4-1)69(54-25-5-2-6-26-54)62-32-13-11-29-61(62)66-63(69)33-17-35-65(66)70(55-41-38-47(39-42-55)50-21-15-22-51(44-50)52-37-36-46-18-7-8-20-49(46)45-52)64-34-14-12-28-57(64)58-30-16-31-59-60-43-40-48-19-9-10-27-56(48)67(60)71-68(58)59/h1-45H. The van der Waals surface area contributed by atoms with Crippen molar-refractivity contribution in [1.82, 2.24) is 0 Å². The molecular weight excluding hydrogens is 859 g/mol. The van der Waals surface area contributed by atoms with Gasteiger partial charge >= 0.3 is 0 Å². The van der Waals surface area contributed by atoms with Crippen LogP contribution >= 0.6 is 0 Å². The summed E-state index contributed by atoms with van der Waals surface area (Å²) in [6, 6.07) is 99.8. The van der Waals surface area contributed by atoms with Crippen LogP contribution < -0.4 is 4.90 Å². The first-order chi connectivity index (χ1) is 35.2. The quantitative estimate of drug-likeness (QED) is 0.151. The van der Waals surface area contributed by atoms with Gasteiger partial charge in [0.05, 0.1) is 16.8 Å². The smallest absolute Gasteiger partial charge is 0.143 e. The number of benzene rings is 12. The summed E-state index contributed by atoms with van der Waals surface area (Å²) in [7, 11) is 0. The molecule has 1 heterocycles. The Morgan fingerprint density at radius 3 is 1.63 bits per heavy atom.